The van der Waals surface area contributed by atoms with Crippen LogP contribution in [0.2, 0.25) is 5.15 Å². The SMILES string of the molecule is Cc1nn(-c2ccc(F)cc2)c(Cl)c1/C=N\Nc1ccc(F)cc1F. The first-order valence-corrected chi connectivity index (χ1v) is 7.58. The highest BCUT2D eigenvalue weighted by Crippen LogP contribution is 2.22. The summed E-state index contributed by atoms with van der Waals surface area (Å²) >= 11 is 6.30. The minimum Gasteiger partial charge on any atom is -0.276 e. The summed E-state index contributed by atoms with van der Waals surface area (Å²) in [7, 11) is 0. The highest BCUT2D eigenvalue weighted by atomic mass is 35.5. The highest BCUT2D eigenvalue weighted by Gasteiger charge is 2.13. The summed E-state index contributed by atoms with van der Waals surface area (Å²) in [5, 5.41) is 8.47. The molecule has 0 aliphatic carbocycles. The maximum absolute atomic E-state index is 13.5. The van der Waals surface area contributed by atoms with Crippen LogP contribution in [0.15, 0.2) is 47.6 Å². The molecule has 1 aromatic heterocycles. The van der Waals surface area contributed by atoms with Crippen LogP contribution in [-0.4, -0.2) is 16.0 Å². The minimum atomic E-state index is -0.762. The number of rotatable bonds is 4. The number of nitrogens with zero attached hydrogens (tertiary/aromatic N) is 3. The van der Waals surface area contributed by atoms with Gasteiger partial charge in [0, 0.05) is 6.07 Å². The van der Waals surface area contributed by atoms with E-state index in [0.29, 0.717) is 16.9 Å². The van der Waals surface area contributed by atoms with E-state index < -0.39 is 11.6 Å². The molecule has 0 unspecified atom stereocenters. The maximum atomic E-state index is 13.5. The van der Waals surface area contributed by atoms with Gasteiger partial charge in [0.15, 0.2) is 5.82 Å². The van der Waals surface area contributed by atoms with Crippen LogP contribution in [0.4, 0.5) is 18.9 Å². The van der Waals surface area contributed by atoms with E-state index in [9.17, 15) is 13.2 Å². The van der Waals surface area contributed by atoms with E-state index in [1.165, 1.54) is 29.1 Å². The van der Waals surface area contributed by atoms with Crippen LogP contribution in [0.1, 0.15) is 11.3 Å². The molecule has 0 aliphatic rings. The summed E-state index contributed by atoms with van der Waals surface area (Å²) < 4.78 is 40.9. The fraction of sp³-hybridized carbons (Fsp3) is 0.0588. The standard InChI is InChI=1S/C17H12ClF3N4/c1-10-14(9-22-23-16-7-4-12(20)8-15(16)21)17(18)25(24-10)13-5-2-11(19)3-6-13/h2-9,23H,1H3/b22-9-. The Labute approximate surface area is 146 Å². The predicted octanol–water partition coefficient (Wildman–Crippen LogP) is 4.70. The zero-order valence-corrected chi connectivity index (χ0v) is 13.7. The average molecular weight is 365 g/mol. The molecular formula is C17H12ClF3N4. The van der Waals surface area contributed by atoms with E-state index in [2.05, 4.69) is 15.6 Å². The number of aromatic nitrogens is 2. The lowest BCUT2D eigenvalue weighted by molar-refractivity contribution is 0.585. The second-order valence-corrected chi connectivity index (χ2v) is 5.53. The van der Waals surface area contributed by atoms with Gasteiger partial charge in [0.05, 0.1) is 28.8 Å². The van der Waals surface area contributed by atoms with Crippen LogP contribution >= 0.6 is 11.6 Å². The van der Waals surface area contributed by atoms with E-state index in [1.807, 2.05) is 0 Å². The summed E-state index contributed by atoms with van der Waals surface area (Å²) in [6.07, 6.45) is 1.38. The quantitative estimate of drug-likeness (QED) is 0.538. The summed E-state index contributed by atoms with van der Waals surface area (Å²) in [5.74, 6) is -1.80. The van der Waals surface area contributed by atoms with E-state index >= 15 is 0 Å². The van der Waals surface area contributed by atoms with E-state index in [4.69, 9.17) is 11.6 Å². The molecule has 4 nitrogen and oxygen atoms in total. The van der Waals surface area contributed by atoms with Gasteiger partial charge in [-0.3, -0.25) is 5.43 Å². The molecule has 3 rings (SSSR count). The molecule has 0 saturated heterocycles. The molecule has 2 aromatic carbocycles. The second-order valence-electron chi connectivity index (χ2n) is 5.17. The molecule has 0 saturated carbocycles. The highest BCUT2D eigenvalue weighted by molar-refractivity contribution is 6.32. The molecule has 0 bridgehead atoms. The van der Waals surface area contributed by atoms with Crippen molar-refractivity contribution < 1.29 is 13.2 Å². The molecule has 8 heteroatoms. The number of halogens is 4. The Morgan fingerprint density at radius 3 is 2.44 bits per heavy atom. The van der Waals surface area contributed by atoms with Crippen LogP contribution in [0.3, 0.4) is 0 Å². The molecule has 0 amide bonds. The van der Waals surface area contributed by atoms with Gasteiger partial charge in [0.25, 0.3) is 0 Å². The third kappa shape index (κ3) is 3.66. The summed E-state index contributed by atoms with van der Waals surface area (Å²) in [5.41, 5.74) is 4.19. The normalized spacial score (nSPS) is 11.2. The van der Waals surface area contributed by atoms with Gasteiger partial charge in [-0.2, -0.15) is 10.2 Å². The van der Waals surface area contributed by atoms with Crippen molar-refractivity contribution >= 4 is 23.5 Å². The molecule has 0 radical (unpaired) electrons. The van der Waals surface area contributed by atoms with Gasteiger partial charge < -0.3 is 0 Å². The van der Waals surface area contributed by atoms with Crippen molar-refractivity contribution in [2.45, 2.75) is 6.92 Å². The first kappa shape index (κ1) is 17.0. The minimum absolute atomic E-state index is 0.0253. The van der Waals surface area contributed by atoms with Gasteiger partial charge >= 0.3 is 0 Å². The first-order valence-electron chi connectivity index (χ1n) is 7.21. The molecule has 3 aromatic rings. The number of hydrazone groups is 1. The molecule has 1 N–H and O–H groups in total. The van der Waals surface area contributed by atoms with E-state index in [0.717, 1.165) is 12.1 Å². The molecular weight excluding hydrogens is 353 g/mol. The Kier molecular flexibility index (Phi) is 4.76. The number of hydrogen-bond acceptors (Lipinski definition) is 3. The van der Waals surface area contributed by atoms with Crippen molar-refractivity contribution in [2.75, 3.05) is 5.43 Å². The lowest BCUT2D eigenvalue weighted by atomic mass is 10.3. The number of nitrogens with one attached hydrogen (secondary N) is 1. The monoisotopic (exact) mass is 364 g/mol. The Morgan fingerprint density at radius 2 is 1.76 bits per heavy atom. The van der Waals surface area contributed by atoms with Crippen molar-refractivity contribution in [3.63, 3.8) is 0 Å². The molecule has 0 atom stereocenters. The molecule has 25 heavy (non-hydrogen) atoms. The van der Waals surface area contributed by atoms with Crippen molar-refractivity contribution in [2.24, 2.45) is 5.10 Å². The topological polar surface area (TPSA) is 42.2 Å². The predicted molar refractivity (Wildman–Crippen MR) is 90.8 cm³/mol. The number of anilines is 1. The van der Waals surface area contributed by atoms with Crippen molar-refractivity contribution in [1.29, 1.82) is 0 Å². The molecule has 0 fully saturated rings. The molecule has 0 spiro atoms. The molecule has 0 aliphatic heterocycles. The van der Waals surface area contributed by atoms with Crippen molar-refractivity contribution in [1.82, 2.24) is 9.78 Å². The van der Waals surface area contributed by atoms with E-state index in [1.54, 1.807) is 19.1 Å². The van der Waals surface area contributed by atoms with Gasteiger partial charge in [0.1, 0.15) is 16.8 Å². The Balaban J connectivity index is 1.84. The zero-order valence-electron chi connectivity index (χ0n) is 13.0. The fourth-order valence-electron chi connectivity index (χ4n) is 2.16. The Morgan fingerprint density at radius 1 is 1.08 bits per heavy atom. The number of benzene rings is 2. The zero-order chi connectivity index (χ0) is 18.0. The lowest BCUT2D eigenvalue weighted by Gasteiger charge is -2.03. The molecule has 128 valence electrons. The van der Waals surface area contributed by atoms with Gasteiger partial charge in [-0.15, -0.1) is 0 Å². The third-order valence-corrected chi connectivity index (χ3v) is 3.79. The van der Waals surface area contributed by atoms with Gasteiger partial charge in [-0.1, -0.05) is 11.6 Å². The van der Waals surface area contributed by atoms with Crippen molar-refractivity contribution in [3.8, 4) is 5.69 Å². The number of aryl methyl sites for hydroxylation is 1. The smallest absolute Gasteiger partial charge is 0.151 e. The van der Waals surface area contributed by atoms with Crippen LogP contribution in [0, 0.1) is 24.4 Å². The fourth-order valence-corrected chi connectivity index (χ4v) is 2.48. The lowest BCUT2D eigenvalue weighted by Crippen LogP contribution is -1.97. The summed E-state index contributed by atoms with van der Waals surface area (Å²) in [6, 6.07) is 8.79. The van der Waals surface area contributed by atoms with Crippen molar-refractivity contribution in [3.05, 3.63) is 76.3 Å². The second kappa shape index (κ2) is 6.98. The Hall–Kier alpha value is -2.80. The van der Waals surface area contributed by atoms with Crippen LogP contribution in [0.25, 0.3) is 5.69 Å². The summed E-state index contributed by atoms with van der Waals surface area (Å²) in [6.45, 7) is 1.73. The largest absolute Gasteiger partial charge is 0.276 e. The first-order chi connectivity index (χ1) is 12.0. The summed E-state index contributed by atoms with van der Waals surface area (Å²) in [4.78, 5) is 0. The van der Waals surface area contributed by atoms with Gasteiger partial charge in [-0.25, -0.2) is 17.9 Å². The van der Waals surface area contributed by atoms with Gasteiger partial charge in [0.2, 0.25) is 0 Å². The maximum Gasteiger partial charge on any atom is 0.151 e. The van der Waals surface area contributed by atoms with Crippen LogP contribution in [-0.2, 0) is 0 Å². The third-order valence-electron chi connectivity index (χ3n) is 3.43. The van der Waals surface area contributed by atoms with Crippen LogP contribution < -0.4 is 5.43 Å². The van der Waals surface area contributed by atoms with Crippen LogP contribution in [0.5, 0.6) is 0 Å². The molecule has 1 heterocycles. The Bertz CT molecular complexity index is 936. The van der Waals surface area contributed by atoms with E-state index in [-0.39, 0.29) is 16.7 Å². The average Bonchev–Trinajstić information content (AvgIpc) is 2.85. The number of hydrogen-bond donors (Lipinski definition) is 1. The van der Waals surface area contributed by atoms with Gasteiger partial charge in [-0.05, 0) is 43.3 Å².